The maximum Gasteiger partial charge on any atom is 0.270 e. The van der Waals surface area contributed by atoms with Crippen LogP contribution in [-0.2, 0) is 11.3 Å². The summed E-state index contributed by atoms with van der Waals surface area (Å²) in [5, 5.41) is 18.8. The zero-order chi connectivity index (χ0) is 32.0. The zero-order valence-electron chi connectivity index (χ0n) is 25.5. The molecule has 1 saturated heterocycles. The van der Waals surface area contributed by atoms with Gasteiger partial charge in [-0.3, -0.25) is 14.5 Å². The fourth-order valence-corrected chi connectivity index (χ4v) is 6.47. The van der Waals surface area contributed by atoms with E-state index >= 15 is 0 Å². The molecule has 2 amide bonds. The smallest absolute Gasteiger partial charge is 0.270 e. The second-order valence-corrected chi connectivity index (χ2v) is 12.7. The van der Waals surface area contributed by atoms with Crippen molar-refractivity contribution in [3.8, 4) is 28.5 Å². The third-order valence-electron chi connectivity index (χ3n) is 8.26. The summed E-state index contributed by atoms with van der Waals surface area (Å²) in [4.78, 5) is 36.5. The van der Waals surface area contributed by atoms with E-state index in [0.29, 0.717) is 56.9 Å². The number of aromatic hydroxyl groups is 1. The molecule has 4 aromatic rings. The number of amides is 2. The number of nitrogens with zero attached hydrogens (tertiary/aromatic N) is 3. The number of rotatable bonds is 9. The molecule has 2 aromatic heterocycles. The summed E-state index contributed by atoms with van der Waals surface area (Å²) in [6.45, 7) is 5.48. The highest BCUT2D eigenvalue weighted by Gasteiger charge is 2.26. The number of morpholine rings is 1. The molecule has 3 heterocycles. The molecule has 1 aliphatic heterocycles. The molecule has 1 aliphatic carbocycles. The number of phenolic OH excluding ortho intramolecular Hbond substituents is 1. The first-order valence-corrected chi connectivity index (χ1v) is 16.3. The van der Waals surface area contributed by atoms with Crippen molar-refractivity contribution in [3.63, 3.8) is 0 Å². The van der Waals surface area contributed by atoms with Crippen LogP contribution < -0.4 is 15.4 Å². The van der Waals surface area contributed by atoms with Crippen LogP contribution in [-0.4, -0.2) is 70.2 Å². The van der Waals surface area contributed by atoms with Crippen LogP contribution >= 0.6 is 11.3 Å². The SMILES string of the molecule is Cc1nc(C(=O)N[C@H]2CC[C@@H](NC(=O)c3cc(F)cnc3Oc3cccc(-c4ccc(O)cc4CN4CCOCC4)c3)CC2)cs1. The number of pyridine rings is 1. The molecule has 2 fully saturated rings. The molecule has 240 valence electrons. The number of ether oxygens (including phenoxy) is 2. The molecular weight excluding hydrogens is 609 g/mol. The van der Waals surface area contributed by atoms with Crippen molar-refractivity contribution in [2.75, 3.05) is 26.3 Å². The third-order valence-corrected chi connectivity index (χ3v) is 9.03. The fraction of sp³-hybridized carbons (Fsp3) is 0.353. The Morgan fingerprint density at radius 2 is 1.78 bits per heavy atom. The van der Waals surface area contributed by atoms with Crippen molar-refractivity contribution in [1.82, 2.24) is 25.5 Å². The number of benzene rings is 2. The minimum absolute atomic E-state index is 0.00243. The van der Waals surface area contributed by atoms with E-state index in [9.17, 15) is 19.1 Å². The molecule has 0 radical (unpaired) electrons. The summed E-state index contributed by atoms with van der Waals surface area (Å²) < 4.78 is 25.9. The summed E-state index contributed by atoms with van der Waals surface area (Å²) in [7, 11) is 0. The predicted molar refractivity (Wildman–Crippen MR) is 172 cm³/mol. The number of carbonyl (C=O) groups excluding carboxylic acids is 2. The number of aryl methyl sites for hydroxylation is 1. The van der Waals surface area contributed by atoms with Crippen molar-refractivity contribution in [2.24, 2.45) is 0 Å². The fourth-order valence-electron chi connectivity index (χ4n) is 5.87. The van der Waals surface area contributed by atoms with Gasteiger partial charge in [0.15, 0.2) is 0 Å². The number of phenols is 1. The van der Waals surface area contributed by atoms with Gasteiger partial charge in [0.2, 0.25) is 5.88 Å². The van der Waals surface area contributed by atoms with Crippen LogP contribution in [0.3, 0.4) is 0 Å². The quantitative estimate of drug-likeness (QED) is 0.219. The van der Waals surface area contributed by atoms with Gasteiger partial charge in [-0.15, -0.1) is 11.3 Å². The lowest BCUT2D eigenvalue weighted by atomic mass is 9.91. The van der Waals surface area contributed by atoms with Crippen molar-refractivity contribution >= 4 is 23.2 Å². The largest absolute Gasteiger partial charge is 0.508 e. The normalized spacial score (nSPS) is 18.6. The van der Waals surface area contributed by atoms with Gasteiger partial charge >= 0.3 is 0 Å². The molecule has 12 heteroatoms. The van der Waals surface area contributed by atoms with Gasteiger partial charge in [-0.2, -0.15) is 0 Å². The molecule has 0 atom stereocenters. The van der Waals surface area contributed by atoms with E-state index in [-0.39, 0.29) is 35.2 Å². The molecule has 2 aliphatic rings. The Bertz CT molecular complexity index is 1700. The van der Waals surface area contributed by atoms with Crippen molar-refractivity contribution in [2.45, 2.75) is 51.2 Å². The van der Waals surface area contributed by atoms with Gasteiger partial charge < -0.3 is 25.2 Å². The van der Waals surface area contributed by atoms with Crippen molar-refractivity contribution < 1.29 is 28.6 Å². The van der Waals surface area contributed by atoms with Crippen LogP contribution in [0.15, 0.2) is 60.1 Å². The Balaban J connectivity index is 1.12. The van der Waals surface area contributed by atoms with Gasteiger partial charge in [0.1, 0.15) is 28.6 Å². The van der Waals surface area contributed by atoms with E-state index < -0.39 is 11.7 Å². The first-order valence-electron chi connectivity index (χ1n) is 15.4. The summed E-state index contributed by atoms with van der Waals surface area (Å²) in [5.74, 6) is -0.694. The average molecular weight is 646 g/mol. The van der Waals surface area contributed by atoms with Crippen LogP contribution in [0.2, 0.25) is 0 Å². The second kappa shape index (κ2) is 14.4. The summed E-state index contributed by atoms with van der Waals surface area (Å²) in [5.41, 5.74) is 3.19. The Hall–Kier alpha value is -4.39. The molecule has 0 spiro atoms. The van der Waals surface area contributed by atoms with E-state index in [1.165, 1.54) is 11.3 Å². The summed E-state index contributed by atoms with van der Waals surface area (Å²) in [6, 6.07) is 13.7. The molecule has 2 aromatic carbocycles. The topological polar surface area (TPSA) is 126 Å². The lowest BCUT2D eigenvalue weighted by Gasteiger charge is -2.29. The highest BCUT2D eigenvalue weighted by molar-refractivity contribution is 7.09. The standard InChI is InChI=1S/C34H36FN5O5S/c1-21-37-31(20-46-21)33(43)39-26-7-5-25(6-8-26)38-32(42)30-17-24(35)18-36-34(30)45-28-4-2-3-22(16-28)29-10-9-27(41)15-23(29)19-40-11-13-44-14-12-40/h2-4,9-10,15-18,20,25-26,41H,5-8,11-14,19H2,1H3,(H,38,42)(H,39,43)/t25-,26+. The third kappa shape index (κ3) is 7.87. The number of halogens is 1. The monoisotopic (exact) mass is 645 g/mol. The molecule has 0 unspecified atom stereocenters. The lowest BCUT2D eigenvalue weighted by molar-refractivity contribution is 0.0342. The number of hydrogen-bond acceptors (Lipinski definition) is 9. The highest BCUT2D eigenvalue weighted by atomic mass is 32.1. The van der Waals surface area contributed by atoms with Gasteiger partial charge in [0.25, 0.3) is 11.8 Å². The summed E-state index contributed by atoms with van der Waals surface area (Å²) in [6.07, 6.45) is 3.73. The Kier molecular flexibility index (Phi) is 9.86. The average Bonchev–Trinajstić information content (AvgIpc) is 3.50. The van der Waals surface area contributed by atoms with Gasteiger partial charge in [-0.1, -0.05) is 18.2 Å². The van der Waals surface area contributed by atoms with Crippen LogP contribution in [0.4, 0.5) is 4.39 Å². The van der Waals surface area contributed by atoms with Crippen LogP contribution in [0.1, 0.15) is 57.1 Å². The van der Waals surface area contributed by atoms with Gasteiger partial charge in [-0.05, 0) is 79.6 Å². The van der Waals surface area contributed by atoms with Crippen LogP contribution in [0, 0.1) is 12.7 Å². The molecular formula is C34H36FN5O5S. The molecule has 3 N–H and O–H groups in total. The Morgan fingerprint density at radius 3 is 2.50 bits per heavy atom. The lowest BCUT2D eigenvalue weighted by Crippen LogP contribution is -2.44. The second-order valence-electron chi connectivity index (χ2n) is 11.6. The Morgan fingerprint density at radius 1 is 1.04 bits per heavy atom. The molecule has 6 rings (SSSR count). The molecule has 46 heavy (non-hydrogen) atoms. The first-order chi connectivity index (χ1) is 22.3. The maximum atomic E-state index is 14.3. The van der Waals surface area contributed by atoms with E-state index in [0.717, 1.165) is 47.1 Å². The van der Waals surface area contributed by atoms with Gasteiger partial charge in [0.05, 0.1) is 24.4 Å². The summed E-state index contributed by atoms with van der Waals surface area (Å²) >= 11 is 1.43. The number of hydrogen-bond donors (Lipinski definition) is 3. The van der Waals surface area contributed by atoms with Crippen LogP contribution in [0.25, 0.3) is 11.1 Å². The first kappa shape index (κ1) is 31.6. The van der Waals surface area contributed by atoms with Crippen molar-refractivity contribution in [1.29, 1.82) is 0 Å². The highest BCUT2D eigenvalue weighted by Crippen LogP contribution is 2.33. The van der Waals surface area contributed by atoms with Crippen molar-refractivity contribution in [3.05, 3.63) is 87.8 Å². The van der Waals surface area contributed by atoms with Gasteiger partial charge in [0, 0.05) is 37.1 Å². The van der Waals surface area contributed by atoms with E-state index in [4.69, 9.17) is 9.47 Å². The Labute approximate surface area is 270 Å². The van der Waals surface area contributed by atoms with E-state index in [1.54, 1.807) is 23.6 Å². The van der Waals surface area contributed by atoms with Gasteiger partial charge in [-0.25, -0.2) is 14.4 Å². The zero-order valence-corrected chi connectivity index (χ0v) is 26.3. The maximum absolute atomic E-state index is 14.3. The van der Waals surface area contributed by atoms with Crippen LogP contribution in [0.5, 0.6) is 17.4 Å². The number of aromatic nitrogens is 2. The van der Waals surface area contributed by atoms with E-state index in [2.05, 4.69) is 25.5 Å². The van der Waals surface area contributed by atoms with E-state index in [1.807, 2.05) is 31.2 Å². The number of nitrogens with one attached hydrogen (secondary N) is 2. The minimum Gasteiger partial charge on any atom is -0.508 e. The predicted octanol–water partition coefficient (Wildman–Crippen LogP) is 5.45. The molecule has 1 saturated carbocycles. The minimum atomic E-state index is -0.646. The molecule has 10 nitrogen and oxygen atoms in total. The number of carbonyl (C=O) groups is 2. The molecule has 0 bridgehead atoms. The number of thiazole rings is 1.